The number of anilines is 2. The summed E-state index contributed by atoms with van der Waals surface area (Å²) in [6.07, 6.45) is -0.420. The molecule has 5 N–H and O–H groups in total. The van der Waals surface area contributed by atoms with Crippen molar-refractivity contribution in [1.29, 1.82) is 0 Å². The predicted octanol–water partition coefficient (Wildman–Crippen LogP) is 1.02. The number of nitrogens with zero attached hydrogens (tertiary/aromatic N) is 2. The third kappa shape index (κ3) is 3.32. The smallest absolute Gasteiger partial charge is 0.335 e. The predicted molar refractivity (Wildman–Crippen MR) is 87.3 cm³/mol. The molecule has 0 aliphatic carbocycles. The third-order valence-electron chi connectivity index (χ3n) is 3.52. The van der Waals surface area contributed by atoms with E-state index in [-0.39, 0.29) is 28.7 Å². The molecule has 3 aromatic rings. The van der Waals surface area contributed by atoms with Crippen LogP contribution in [0.2, 0.25) is 0 Å². The van der Waals surface area contributed by atoms with Gasteiger partial charge >= 0.3 is 11.9 Å². The number of carboxylic acid groups (broad SMARTS) is 2. The van der Waals surface area contributed by atoms with Crippen molar-refractivity contribution < 1.29 is 19.8 Å². The van der Waals surface area contributed by atoms with Crippen molar-refractivity contribution in [3.63, 3.8) is 0 Å². The lowest BCUT2D eigenvalue weighted by Gasteiger charge is -2.06. The molecule has 25 heavy (non-hydrogen) atoms. The van der Waals surface area contributed by atoms with Crippen LogP contribution in [0.15, 0.2) is 23.0 Å². The van der Waals surface area contributed by atoms with Crippen LogP contribution in [-0.2, 0) is 11.2 Å². The first kappa shape index (κ1) is 16.2. The molecule has 10 heteroatoms. The van der Waals surface area contributed by atoms with Crippen molar-refractivity contribution >= 4 is 34.9 Å². The van der Waals surface area contributed by atoms with Crippen LogP contribution >= 0.6 is 0 Å². The van der Waals surface area contributed by atoms with Crippen LogP contribution in [0.1, 0.15) is 21.6 Å². The number of benzene rings is 1. The van der Waals surface area contributed by atoms with Crippen LogP contribution in [0.25, 0.3) is 11.0 Å². The molecule has 2 aromatic heterocycles. The molecule has 128 valence electrons. The van der Waals surface area contributed by atoms with Gasteiger partial charge in [0.15, 0.2) is 0 Å². The molecule has 0 unspecified atom stereocenters. The Balaban J connectivity index is 1.92. The number of aromatic nitrogens is 4. The van der Waals surface area contributed by atoms with Gasteiger partial charge in [-0.15, -0.1) is 0 Å². The van der Waals surface area contributed by atoms with Crippen LogP contribution in [0.4, 0.5) is 11.9 Å². The maximum atomic E-state index is 12.0. The fourth-order valence-electron chi connectivity index (χ4n) is 2.34. The number of aliphatic carboxylic acids is 1. The number of H-pyrrole nitrogens is 2. The quantitative estimate of drug-likeness (QED) is 0.459. The fourth-order valence-corrected chi connectivity index (χ4v) is 2.34. The Morgan fingerprint density at radius 1 is 1.16 bits per heavy atom. The molecule has 0 atom stereocenters. The number of aromatic amines is 2. The van der Waals surface area contributed by atoms with Crippen molar-refractivity contribution in [1.82, 2.24) is 19.9 Å². The SMILES string of the molecule is Cc1nc(Nc2nc3ccc(C(=O)O)cc3[nH]2)[nH]c(=O)c1CC(=O)O. The zero-order valence-electron chi connectivity index (χ0n) is 13.0. The number of aryl methyl sites for hydroxylation is 1. The minimum atomic E-state index is -1.12. The number of imidazole rings is 1. The zero-order valence-corrected chi connectivity index (χ0v) is 13.0. The van der Waals surface area contributed by atoms with Gasteiger partial charge in [-0.25, -0.2) is 14.8 Å². The molecule has 1 aromatic carbocycles. The number of rotatable bonds is 5. The van der Waals surface area contributed by atoms with Gasteiger partial charge in [0.1, 0.15) is 0 Å². The summed E-state index contributed by atoms with van der Waals surface area (Å²) in [4.78, 5) is 47.4. The summed E-state index contributed by atoms with van der Waals surface area (Å²) in [6, 6.07) is 4.42. The van der Waals surface area contributed by atoms with Gasteiger partial charge in [0, 0.05) is 5.56 Å². The summed E-state index contributed by atoms with van der Waals surface area (Å²) >= 11 is 0. The molecule has 0 aliphatic heterocycles. The molecule has 0 fully saturated rings. The number of carboxylic acids is 2. The van der Waals surface area contributed by atoms with Gasteiger partial charge in [-0.2, -0.15) is 0 Å². The van der Waals surface area contributed by atoms with Crippen LogP contribution in [0, 0.1) is 6.92 Å². The van der Waals surface area contributed by atoms with E-state index >= 15 is 0 Å². The van der Waals surface area contributed by atoms with Gasteiger partial charge in [-0.1, -0.05) is 0 Å². The minimum absolute atomic E-state index is 0.0776. The first-order valence-electron chi connectivity index (χ1n) is 7.15. The Hall–Kier alpha value is -3.69. The minimum Gasteiger partial charge on any atom is -0.481 e. The van der Waals surface area contributed by atoms with Crippen molar-refractivity contribution in [2.24, 2.45) is 0 Å². The van der Waals surface area contributed by atoms with Crippen molar-refractivity contribution in [2.45, 2.75) is 13.3 Å². The van der Waals surface area contributed by atoms with Gasteiger partial charge in [0.2, 0.25) is 11.9 Å². The molecule has 0 spiro atoms. The molecule has 3 rings (SSSR count). The number of nitrogens with one attached hydrogen (secondary N) is 3. The van der Waals surface area contributed by atoms with E-state index in [1.807, 2.05) is 0 Å². The second-order valence-electron chi connectivity index (χ2n) is 5.30. The van der Waals surface area contributed by atoms with Gasteiger partial charge in [0.25, 0.3) is 5.56 Å². The Labute approximate surface area is 139 Å². The van der Waals surface area contributed by atoms with Gasteiger partial charge in [-0.05, 0) is 25.1 Å². The Morgan fingerprint density at radius 2 is 1.88 bits per heavy atom. The van der Waals surface area contributed by atoms with E-state index in [0.717, 1.165) is 0 Å². The second kappa shape index (κ2) is 6.07. The summed E-state index contributed by atoms with van der Waals surface area (Å²) in [6.45, 7) is 1.54. The monoisotopic (exact) mass is 343 g/mol. The molecule has 0 saturated carbocycles. The molecule has 0 bridgehead atoms. The van der Waals surface area contributed by atoms with E-state index in [9.17, 15) is 14.4 Å². The largest absolute Gasteiger partial charge is 0.481 e. The fraction of sp³-hybridized carbons (Fsp3) is 0.133. The standard InChI is InChI=1S/C15H13N5O5/c1-6-8(5-11(21)22)12(23)19-14(16-6)20-15-17-9-3-2-7(13(24)25)4-10(9)18-15/h2-4H,5H2,1H3,(H,21,22)(H,24,25)(H3,16,17,18,19,20,23). The Kier molecular flexibility index (Phi) is 3.93. The summed E-state index contributed by atoms with van der Waals surface area (Å²) in [5, 5.41) is 20.6. The van der Waals surface area contributed by atoms with E-state index in [4.69, 9.17) is 10.2 Å². The summed E-state index contributed by atoms with van der Waals surface area (Å²) in [5.74, 6) is -1.83. The van der Waals surface area contributed by atoms with Crippen molar-refractivity contribution in [3.8, 4) is 0 Å². The summed E-state index contributed by atoms with van der Waals surface area (Å²) in [5.41, 5.74) is 0.967. The molecule has 2 heterocycles. The highest BCUT2D eigenvalue weighted by Gasteiger charge is 2.13. The number of fused-ring (bicyclic) bond motifs is 1. The molecule has 0 saturated heterocycles. The lowest BCUT2D eigenvalue weighted by molar-refractivity contribution is -0.136. The topological polar surface area (TPSA) is 161 Å². The zero-order chi connectivity index (χ0) is 18.1. The molecular formula is C15H13N5O5. The van der Waals surface area contributed by atoms with E-state index < -0.39 is 23.9 Å². The number of hydrogen-bond acceptors (Lipinski definition) is 6. The van der Waals surface area contributed by atoms with E-state index in [2.05, 4.69) is 25.3 Å². The first-order valence-corrected chi connectivity index (χ1v) is 7.15. The Bertz CT molecular complexity index is 1050. The molecule has 0 amide bonds. The van der Waals surface area contributed by atoms with Crippen LogP contribution in [0.3, 0.4) is 0 Å². The maximum Gasteiger partial charge on any atom is 0.335 e. The average molecular weight is 343 g/mol. The van der Waals surface area contributed by atoms with Crippen LogP contribution in [0.5, 0.6) is 0 Å². The number of hydrogen-bond donors (Lipinski definition) is 5. The van der Waals surface area contributed by atoms with Crippen LogP contribution < -0.4 is 10.9 Å². The highest BCUT2D eigenvalue weighted by molar-refractivity contribution is 5.92. The number of aromatic carboxylic acids is 1. The normalized spacial score (nSPS) is 10.8. The molecule has 0 aliphatic rings. The van der Waals surface area contributed by atoms with Crippen molar-refractivity contribution in [2.75, 3.05) is 5.32 Å². The Morgan fingerprint density at radius 3 is 2.52 bits per heavy atom. The van der Waals surface area contributed by atoms with E-state index in [1.165, 1.54) is 19.1 Å². The lowest BCUT2D eigenvalue weighted by Crippen LogP contribution is -2.21. The highest BCUT2D eigenvalue weighted by Crippen LogP contribution is 2.18. The highest BCUT2D eigenvalue weighted by atomic mass is 16.4. The third-order valence-corrected chi connectivity index (χ3v) is 3.52. The van der Waals surface area contributed by atoms with E-state index in [1.54, 1.807) is 6.07 Å². The summed E-state index contributed by atoms with van der Waals surface area (Å²) in [7, 11) is 0. The van der Waals surface area contributed by atoms with E-state index in [0.29, 0.717) is 11.0 Å². The molecular weight excluding hydrogens is 330 g/mol. The van der Waals surface area contributed by atoms with Gasteiger partial charge in [0.05, 0.1) is 28.7 Å². The van der Waals surface area contributed by atoms with Crippen LogP contribution in [-0.4, -0.2) is 42.1 Å². The second-order valence-corrected chi connectivity index (χ2v) is 5.30. The lowest BCUT2D eigenvalue weighted by atomic mass is 10.2. The average Bonchev–Trinajstić information content (AvgIpc) is 2.91. The van der Waals surface area contributed by atoms with Gasteiger partial charge < -0.3 is 15.2 Å². The molecule has 10 nitrogen and oxygen atoms in total. The summed E-state index contributed by atoms with van der Waals surface area (Å²) < 4.78 is 0. The maximum absolute atomic E-state index is 12.0. The molecule has 0 radical (unpaired) electrons. The van der Waals surface area contributed by atoms with Crippen molar-refractivity contribution in [3.05, 3.63) is 45.4 Å². The first-order chi connectivity index (χ1) is 11.8. The van der Waals surface area contributed by atoms with Gasteiger partial charge in [-0.3, -0.25) is 19.9 Å². The number of carbonyl (C=O) groups is 2.